The molecule has 0 bridgehead atoms. The van der Waals surface area contributed by atoms with E-state index in [1.807, 2.05) is 54.6 Å². The lowest BCUT2D eigenvalue weighted by atomic mass is 10.1. The average molecular weight is 362 g/mol. The maximum absolute atomic E-state index is 5.47. The SMILES string of the molecule is COc1ccc(Nc2nc(NC3CC3)cc(-c3ccccc3)n2)c(OC)c1. The van der Waals surface area contributed by atoms with Crippen molar-refractivity contribution in [2.75, 3.05) is 24.9 Å². The molecule has 0 radical (unpaired) electrons. The minimum atomic E-state index is 0.506. The summed E-state index contributed by atoms with van der Waals surface area (Å²) in [6, 6.07) is 18.2. The smallest absolute Gasteiger partial charge is 0.229 e. The molecular formula is C21H22N4O2. The molecule has 0 saturated heterocycles. The zero-order valence-corrected chi connectivity index (χ0v) is 15.4. The first kappa shape index (κ1) is 17.1. The van der Waals surface area contributed by atoms with Crippen LogP contribution in [-0.4, -0.2) is 30.2 Å². The van der Waals surface area contributed by atoms with Crippen LogP contribution in [-0.2, 0) is 0 Å². The second kappa shape index (κ2) is 7.53. The van der Waals surface area contributed by atoms with Crippen LogP contribution in [0.3, 0.4) is 0 Å². The van der Waals surface area contributed by atoms with Crippen molar-refractivity contribution in [3.8, 4) is 22.8 Å². The number of hydrogen-bond acceptors (Lipinski definition) is 6. The van der Waals surface area contributed by atoms with Gasteiger partial charge in [0.15, 0.2) is 0 Å². The lowest BCUT2D eigenvalue weighted by molar-refractivity contribution is 0.395. The predicted molar refractivity (Wildman–Crippen MR) is 107 cm³/mol. The Kier molecular flexibility index (Phi) is 4.78. The van der Waals surface area contributed by atoms with Gasteiger partial charge in [0.05, 0.1) is 25.6 Å². The Morgan fingerprint density at radius 2 is 1.74 bits per heavy atom. The summed E-state index contributed by atoms with van der Waals surface area (Å²) in [5, 5.41) is 6.73. The number of aromatic nitrogens is 2. The van der Waals surface area contributed by atoms with E-state index in [2.05, 4.69) is 15.6 Å². The Labute approximate surface area is 158 Å². The molecule has 2 N–H and O–H groups in total. The summed E-state index contributed by atoms with van der Waals surface area (Å²) in [6.45, 7) is 0. The van der Waals surface area contributed by atoms with Crippen molar-refractivity contribution in [2.24, 2.45) is 0 Å². The molecule has 27 heavy (non-hydrogen) atoms. The largest absolute Gasteiger partial charge is 0.497 e. The summed E-state index contributed by atoms with van der Waals surface area (Å²) >= 11 is 0. The maximum atomic E-state index is 5.47. The summed E-state index contributed by atoms with van der Waals surface area (Å²) < 4.78 is 10.7. The minimum Gasteiger partial charge on any atom is -0.497 e. The Bertz CT molecular complexity index is 927. The number of nitrogens with zero attached hydrogens (tertiary/aromatic N) is 2. The molecule has 1 heterocycles. The first-order valence-corrected chi connectivity index (χ1v) is 8.95. The fourth-order valence-electron chi connectivity index (χ4n) is 2.79. The van der Waals surface area contributed by atoms with E-state index in [-0.39, 0.29) is 0 Å². The van der Waals surface area contributed by atoms with Crippen molar-refractivity contribution < 1.29 is 9.47 Å². The van der Waals surface area contributed by atoms with Crippen LogP contribution in [0.15, 0.2) is 54.6 Å². The summed E-state index contributed by atoms with van der Waals surface area (Å²) in [4.78, 5) is 9.33. The second-order valence-electron chi connectivity index (χ2n) is 6.44. The molecule has 6 nitrogen and oxygen atoms in total. The molecule has 1 aromatic heterocycles. The third kappa shape index (κ3) is 4.11. The van der Waals surface area contributed by atoms with E-state index < -0.39 is 0 Å². The third-order valence-electron chi connectivity index (χ3n) is 4.38. The van der Waals surface area contributed by atoms with Gasteiger partial charge in [-0.1, -0.05) is 30.3 Å². The Morgan fingerprint density at radius 1 is 0.926 bits per heavy atom. The van der Waals surface area contributed by atoms with Gasteiger partial charge >= 0.3 is 0 Å². The molecule has 1 fully saturated rings. The number of nitrogens with one attached hydrogen (secondary N) is 2. The lowest BCUT2D eigenvalue weighted by Crippen LogP contribution is -2.07. The highest BCUT2D eigenvalue weighted by molar-refractivity contribution is 5.69. The molecule has 0 spiro atoms. The molecule has 0 unspecified atom stereocenters. The van der Waals surface area contributed by atoms with Crippen LogP contribution in [0.5, 0.6) is 11.5 Å². The van der Waals surface area contributed by atoms with E-state index in [1.54, 1.807) is 14.2 Å². The highest BCUT2D eigenvalue weighted by Crippen LogP contribution is 2.32. The van der Waals surface area contributed by atoms with E-state index in [0.29, 0.717) is 17.7 Å². The van der Waals surface area contributed by atoms with Crippen LogP contribution < -0.4 is 20.1 Å². The molecular weight excluding hydrogens is 340 g/mol. The van der Waals surface area contributed by atoms with Crippen molar-refractivity contribution in [1.82, 2.24) is 9.97 Å². The van der Waals surface area contributed by atoms with Crippen molar-refractivity contribution in [3.05, 3.63) is 54.6 Å². The van der Waals surface area contributed by atoms with Gasteiger partial charge < -0.3 is 20.1 Å². The van der Waals surface area contributed by atoms with Crippen LogP contribution >= 0.6 is 0 Å². The number of ether oxygens (including phenoxy) is 2. The van der Waals surface area contributed by atoms with Gasteiger partial charge in [-0.15, -0.1) is 0 Å². The first-order valence-electron chi connectivity index (χ1n) is 8.95. The summed E-state index contributed by atoms with van der Waals surface area (Å²) in [5.74, 6) is 2.73. The van der Waals surface area contributed by atoms with E-state index in [9.17, 15) is 0 Å². The standard InChI is InChI=1S/C21H22N4O2/c1-26-16-10-11-17(19(12-16)27-2)23-21-24-18(14-6-4-3-5-7-14)13-20(25-21)22-15-8-9-15/h3-7,10-13,15H,8-9H2,1-2H3,(H2,22,23,24,25). The summed E-state index contributed by atoms with van der Waals surface area (Å²) in [7, 11) is 3.26. The topological polar surface area (TPSA) is 68.3 Å². The van der Waals surface area contributed by atoms with Crippen molar-refractivity contribution in [3.63, 3.8) is 0 Å². The van der Waals surface area contributed by atoms with E-state index in [1.165, 1.54) is 12.8 Å². The Hall–Kier alpha value is -3.28. The Morgan fingerprint density at radius 3 is 2.44 bits per heavy atom. The number of benzene rings is 2. The Balaban J connectivity index is 1.69. The van der Waals surface area contributed by atoms with Crippen LogP contribution in [0, 0.1) is 0 Å². The fourth-order valence-corrected chi connectivity index (χ4v) is 2.79. The number of methoxy groups -OCH3 is 2. The zero-order chi connectivity index (χ0) is 18.6. The van der Waals surface area contributed by atoms with Crippen molar-refractivity contribution in [1.29, 1.82) is 0 Å². The quantitative estimate of drug-likeness (QED) is 0.646. The molecule has 4 rings (SSSR count). The average Bonchev–Trinajstić information content (AvgIpc) is 3.52. The van der Waals surface area contributed by atoms with Crippen LogP contribution in [0.4, 0.5) is 17.5 Å². The molecule has 1 aliphatic rings. The third-order valence-corrected chi connectivity index (χ3v) is 4.38. The molecule has 138 valence electrons. The molecule has 3 aromatic rings. The monoisotopic (exact) mass is 362 g/mol. The van der Waals surface area contributed by atoms with Gasteiger partial charge in [0.1, 0.15) is 17.3 Å². The molecule has 1 saturated carbocycles. The van der Waals surface area contributed by atoms with E-state index in [0.717, 1.165) is 28.5 Å². The fraction of sp³-hybridized carbons (Fsp3) is 0.238. The van der Waals surface area contributed by atoms with Crippen LogP contribution in [0.2, 0.25) is 0 Å². The van der Waals surface area contributed by atoms with Gasteiger partial charge in [0, 0.05) is 23.7 Å². The van der Waals surface area contributed by atoms with Gasteiger partial charge in [-0.3, -0.25) is 0 Å². The van der Waals surface area contributed by atoms with Gasteiger partial charge in [-0.25, -0.2) is 4.98 Å². The lowest BCUT2D eigenvalue weighted by Gasteiger charge is -2.14. The molecule has 0 amide bonds. The van der Waals surface area contributed by atoms with Gasteiger partial charge in [-0.2, -0.15) is 4.98 Å². The second-order valence-corrected chi connectivity index (χ2v) is 6.44. The van der Waals surface area contributed by atoms with Crippen LogP contribution in [0.25, 0.3) is 11.3 Å². The predicted octanol–water partition coefficient (Wildman–Crippen LogP) is 4.48. The number of anilines is 3. The first-order chi connectivity index (χ1) is 13.2. The molecule has 6 heteroatoms. The number of hydrogen-bond donors (Lipinski definition) is 2. The highest BCUT2D eigenvalue weighted by Gasteiger charge is 2.22. The van der Waals surface area contributed by atoms with Gasteiger partial charge in [0.25, 0.3) is 0 Å². The van der Waals surface area contributed by atoms with Crippen molar-refractivity contribution >= 4 is 17.5 Å². The van der Waals surface area contributed by atoms with E-state index >= 15 is 0 Å². The van der Waals surface area contributed by atoms with Gasteiger partial charge in [0.2, 0.25) is 5.95 Å². The molecule has 2 aromatic carbocycles. The highest BCUT2D eigenvalue weighted by atomic mass is 16.5. The molecule has 0 aliphatic heterocycles. The molecule has 0 atom stereocenters. The summed E-state index contributed by atoms with van der Waals surface area (Å²) in [5.41, 5.74) is 2.69. The van der Waals surface area contributed by atoms with Crippen molar-refractivity contribution in [2.45, 2.75) is 18.9 Å². The van der Waals surface area contributed by atoms with Crippen LogP contribution in [0.1, 0.15) is 12.8 Å². The minimum absolute atomic E-state index is 0.506. The molecule has 1 aliphatic carbocycles. The maximum Gasteiger partial charge on any atom is 0.229 e. The normalized spacial score (nSPS) is 13.1. The van der Waals surface area contributed by atoms with Gasteiger partial charge in [-0.05, 0) is 25.0 Å². The number of rotatable bonds is 7. The zero-order valence-electron chi connectivity index (χ0n) is 15.4. The van der Waals surface area contributed by atoms with E-state index in [4.69, 9.17) is 14.5 Å². The summed E-state index contributed by atoms with van der Waals surface area (Å²) in [6.07, 6.45) is 2.36.